The highest BCUT2D eigenvalue weighted by molar-refractivity contribution is 6.13. The summed E-state index contributed by atoms with van der Waals surface area (Å²) >= 11 is 0. The molecule has 7 heteroatoms. The molecule has 0 aliphatic carbocycles. The largest absolute Gasteiger partial charge is 0.497 e. The number of hydrogen-bond acceptors (Lipinski definition) is 7. The fraction of sp³-hybridized carbons (Fsp3) is 0.273. The highest BCUT2D eigenvalue weighted by Gasteiger charge is 2.25. The molecule has 0 aromatic heterocycles. The second kappa shape index (κ2) is 9.14. The predicted octanol–water partition coefficient (Wildman–Crippen LogP) is 3.85. The lowest BCUT2D eigenvalue weighted by atomic mass is 10.1. The van der Waals surface area contributed by atoms with Gasteiger partial charge in [0.05, 0.1) is 27.4 Å². The number of carbonyl (C=O) groups excluding carboxylic acids is 1. The van der Waals surface area contributed by atoms with Crippen LogP contribution < -0.4 is 18.9 Å². The first-order valence-electron chi connectivity index (χ1n) is 9.23. The van der Waals surface area contributed by atoms with Crippen molar-refractivity contribution in [2.45, 2.75) is 13.8 Å². The van der Waals surface area contributed by atoms with E-state index in [0.29, 0.717) is 47.3 Å². The summed E-state index contributed by atoms with van der Waals surface area (Å²) < 4.78 is 27.1. The van der Waals surface area contributed by atoms with Gasteiger partial charge in [0, 0.05) is 11.6 Å². The highest BCUT2D eigenvalue weighted by atomic mass is 16.6. The number of aliphatic imine (C=N–C) groups is 1. The van der Waals surface area contributed by atoms with Crippen LogP contribution in [0.15, 0.2) is 47.1 Å². The van der Waals surface area contributed by atoms with Gasteiger partial charge in [-0.1, -0.05) is 0 Å². The van der Waals surface area contributed by atoms with Gasteiger partial charge < -0.3 is 23.7 Å². The van der Waals surface area contributed by atoms with E-state index in [1.165, 1.54) is 0 Å². The number of esters is 1. The van der Waals surface area contributed by atoms with Crippen LogP contribution in [0.2, 0.25) is 0 Å². The van der Waals surface area contributed by atoms with E-state index in [4.69, 9.17) is 23.7 Å². The summed E-state index contributed by atoms with van der Waals surface area (Å²) in [5, 5.41) is 0. The van der Waals surface area contributed by atoms with Gasteiger partial charge in [-0.25, -0.2) is 9.79 Å². The molecule has 0 radical (unpaired) electrons. The maximum absolute atomic E-state index is 12.3. The summed E-state index contributed by atoms with van der Waals surface area (Å²) in [6.45, 7) is 4.79. The summed E-state index contributed by atoms with van der Waals surface area (Å²) in [4.78, 5) is 16.7. The average Bonchev–Trinajstić information content (AvgIpc) is 3.09. The lowest BCUT2D eigenvalue weighted by Gasteiger charge is -2.11. The molecular weight excluding hydrogens is 374 g/mol. The standard InChI is InChI=1S/C22H23NO6/c1-5-27-19-8-7-15(12-20(19)28-6-2)21-23-18(22(24)29-21)11-14-9-16(25-3)13-17(10-14)26-4/h7-13H,5-6H2,1-4H3/b18-11-. The van der Waals surface area contributed by atoms with E-state index in [2.05, 4.69) is 4.99 Å². The third-order valence-electron chi connectivity index (χ3n) is 4.09. The number of rotatable bonds is 8. The monoisotopic (exact) mass is 397 g/mol. The van der Waals surface area contributed by atoms with Crippen LogP contribution in [0.3, 0.4) is 0 Å². The molecule has 0 spiro atoms. The number of hydrogen-bond donors (Lipinski definition) is 0. The first-order valence-corrected chi connectivity index (χ1v) is 9.23. The van der Waals surface area contributed by atoms with E-state index in [-0.39, 0.29) is 11.6 Å². The van der Waals surface area contributed by atoms with Crippen molar-refractivity contribution in [1.29, 1.82) is 0 Å². The maximum Gasteiger partial charge on any atom is 0.363 e. The molecule has 29 heavy (non-hydrogen) atoms. The molecule has 0 saturated carbocycles. The Labute approximate surface area is 169 Å². The summed E-state index contributed by atoms with van der Waals surface area (Å²) in [6.07, 6.45) is 1.62. The van der Waals surface area contributed by atoms with Gasteiger partial charge in [-0.3, -0.25) is 0 Å². The SMILES string of the molecule is CCOc1ccc(C2=N/C(=C\c3cc(OC)cc(OC)c3)C(=O)O2)cc1OCC. The number of cyclic esters (lactones) is 1. The molecule has 0 amide bonds. The Morgan fingerprint density at radius 3 is 2.21 bits per heavy atom. The van der Waals surface area contributed by atoms with E-state index in [1.807, 2.05) is 13.8 Å². The Kier molecular flexibility index (Phi) is 6.39. The van der Waals surface area contributed by atoms with Crippen molar-refractivity contribution >= 4 is 17.9 Å². The Morgan fingerprint density at radius 2 is 1.59 bits per heavy atom. The van der Waals surface area contributed by atoms with Gasteiger partial charge in [0.15, 0.2) is 17.2 Å². The fourth-order valence-corrected chi connectivity index (χ4v) is 2.79. The third-order valence-corrected chi connectivity index (χ3v) is 4.09. The second-order valence-corrected chi connectivity index (χ2v) is 6.01. The van der Waals surface area contributed by atoms with Crippen LogP contribution >= 0.6 is 0 Å². The van der Waals surface area contributed by atoms with Gasteiger partial charge in [0.2, 0.25) is 5.90 Å². The van der Waals surface area contributed by atoms with Gasteiger partial charge in [0.25, 0.3) is 0 Å². The van der Waals surface area contributed by atoms with Crippen LogP contribution in [0.4, 0.5) is 0 Å². The number of benzene rings is 2. The molecule has 0 bridgehead atoms. The van der Waals surface area contributed by atoms with Gasteiger partial charge in [-0.15, -0.1) is 0 Å². The Bertz CT molecular complexity index is 942. The molecule has 0 fully saturated rings. The summed E-state index contributed by atoms with van der Waals surface area (Å²) in [5.41, 5.74) is 1.51. The van der Waals surface area contributed by atoms with E-state index in [1.54, 1.807) is 56.7 Å². The van der Waals surface area contributed by atoms with Gasteiger partial charge in [-0.2, -0.15) is 0 Å². The smallest absolute Gasteiger partial charge is 0.363 e. The van der Waals surface area contributed by atoms with E-state index >= 15 is 0 Å². The third kappa shape index (κ3) is 4.68. The molecule has 1 aliphatic rings. The molecular formula is C22H23NO6. The highest BCUT2D eigenvalue weighted by Crippen LogP contribution is 2.31. The molecule has 2 aromatic rings. The molecule has 0 atom stereocenters. The number of carbonyl (C=O) groups is 1. The maximum atomic E-state index is 12.3. The van der Waals surface area contributed by atoms with Gasteiger partial charge in [0.1, 0.15) is 11.5 Å². The van der Waals surface area contributed by atoms with Crippen molar-refractivity contribution in [1.82, 2.24) is 0 Å². The molecule has 0 N–H and O–H groups in total. The number of ether oxygens (including phenoxy) is 5. The zero-order valence-electron chi connectivity index (χ0n) is 16.9. The minimum absolute atomic E-state index is 0.183. The van der Waals surface area contributed by atoms with E-state index < -0.39 is 5.97 Å². The van der Waals surface area contributed by atoms with Crippen molar-refractivity contribution in [3.05, 3.63) is 53.2 Å². The zero-order chi connectivity index (χ0) is 20.8. The van der Waals surface area contributed by atoms with Crippen molar-refractivity contribution in [3.63, 3.8) is 0 Å². The Morgan fingerprint density at radius 1 is 0.931 bits per heavy atom. The van der Waals surface area contributed by atoms with Crippen LogP contribution in [-0.4, -0.2) is 39.3 Å². The quantitative estimate of drug-likeness (QED) is 0.498. The van der Waals surface area contributed by atoms with Crippen LogP contribution in [0.5, 0.6) is 23.0 Å². The van der Waals surface area contributed by atoms with Crippen LogP contribution in [0, 0.1) is 0 Å². The Balaban J connectivity index is 1.94. The first-order chi connectivity index (χ1) is 14.1. The fourth-order valence-electron chi connectivity index (χ4n) is 2.79. The topological polar surface area (TPSA) is 75.6 Å². The van der Waals surface area contributed by atoms with E-state index in [0.717, 1.165) is 0 Å². The van der Waals surface area contributed by atoms with Crippen molar-refractivity contribution in [2.24, 2.45) is 4.99 Å². The minimum atomic E-state index is -0.534. The van der Waals surface area contributed by atoms with E-state index in [9.17, 15) is 4.79 Å². The average molecular weight is 397 g/mol. The lowest BCUT2D eigenvalue weighted by Crippen LogP contribution is -2.06. The van der Waals surface area contributed by atoms with Gasteiger partial charge in [-0.05, 0) is 55.8 Å². The van der Waals surface area contributed by atoms with Crippen LogP contribution in [0.25, 0.3) is 6.08 Å². The van der Waals surface area contributed by atoms with Crippen molar-refractivity contribution in [3.8, 4) is 23.0 Å². The Hall–Kier alpha value is -3.48. The van der Waals surface area contributed by atoms with Crippen LogP contribution in [-0.2, 0) is 9.53 Å². The van der Waals surface area contributed by atoms with Crippen molar-refractivity contribution in [2.75, 3.05) is 27.4 Å². The second-order valence-electron chi connectivity index (χ2n) is 6.01. The summed E-state index contributed by atoms with van der Waals surface area (Å²) in [6, 6.07) is 10.6. The normalized spacial score (nSPS) is 14.4. The molecule has 0 unspecified atom stereocenters. The molecule has 0 saturated heterocycles. The first kappa shape index (κ1) is 20.3. The molecule has 7 nitrogen and oxygen atoms in total. The molecule has 3 rings (SSSR count). The molecule has 1 aliphatic heterocycles. The number of nitrogens with zero attached hydrogens (tertiary/aromatic N) is 1. The van der Waals surface area contributed by atoms with Gasteiger partial charge >= 0.3 is 5.97 Å². The molecule has 1 heterocycles. The van der Waals surface area contributed by atoms with Crippen molar-refractivity contribution < 1.29 is 28.5 Å². The summed E-state index contributed by atoms with van der Waals surface area (Å²) in [5.74, 6) is 2.09. The minimum Gasteiger partial charge on any atom is -0.497 e. The zero-order valence-corrected chi connectivity index (χ0v) is 16.9. The summed E-state index contributed by atoms with van der Waals surface area (Å²) in [7, 11) is 3.13. The number of methoxy groups -OCH3 is 2. The molecule has 152 valence electrons. The molecule has 2 aromatic carbocycles. The lowest BCUT2D eigenvalue weighted by molar-refractivity contribution is -0.129. The predicted molar refractivity (Wildman–Crippen MR) is 109 cm³/mol. The van der Waals surface area contributed by atoms with Crippen LogP contribution in [0.1, 0.15) is 25.0 Å².